The fourth-order valence-electron chi connectivity index (χ4n) is 2.66. The average molecular weight is 343 g/mol. The molecular formula is C18H21N3O4. The number of nitrogens with zero attached hydrogens (tertiary/aromatic N) is 3. The first kappa shape index (κ1) is 17.2. The molecular weight excluding hydrogens is 322 g/mol. The standard InChI is InChI=1S/C18H21N3O4/c1-23-17-18(20-9-8-19-17)25-15-7-10-21(11-15)16(22)13-24-12-14-5-3-2-4-6-14/h2-6,8-9,15H,7,10-13H2,1H3/t15-/m1/s1. The molecule has 1 saturated heterocycles. The highest BCUT2D eigenvalue weighted by Gasteiger charge is 2.28. The van der Waals surface area contributed by atoms with Crippen LogP contribution in [0.4, 0.5) is 0 Å². The number of carbonyl (C=O) groups is 1. The number of benzene rings is 1. The molecule has 1 aromatic carbocycles. The second kappa shape index (κ2) is 8.43. The zero-order chi connectivity index (χ0) is 17.5. The number of methoxy groups -OCH3 is 1. The van der Waals surface area contributed by atoms with E-state index in [0.717, 1.165) is 12.0 Å². The monoisotopic (exact) mass is 343 g/mol. The van der Waals surface area contributed by atoms with Crippen molar-refractivity contribution in [1.82, 2.24) is 14.9 Å². The van der Waals surface area contributed by atoms with E-state index in [1.54, 1.807) is 17.3 Å². The summed E-state index contributed by atoms with van der Waals surface area (Å²) in [4.78, 5) is 22.2. The predicted octanol–water partition coefficient (Wildman–Crippen LogP) is 1.68. The number of aromatic nitrogens is 2. The van der Waals surface area contributed by atoms with Crippen molar-refractivity contribution < 1.29 is 19.0 Å². The fraction of sp³-hybridized carbons (Fsp3) is 0.389. The molecule has 7 heteroatoms. The number of ether oxygens (including phenoxy) is 3. The minimum atomic E-state index is -0.122. The van der Waals surface area contributed by atoms with E-state index in [1.165, 1.54) is 7.11 Å². The van der Waals surface area contributed by atoms with Gasteiger partial charge in [-0.15, -0.1) is 0 Å². The van der Waals surface area contributed by atoms with Crippen molar-refractivity contribution in [2.24, 2.45) is 0 Å². The van der Waals surface area contributed by atoms with Crippen LogP contribution < -0.4 is 9.47 Å². The van der Waals surface area contributed by atoms with Crippen LogP contribution in [-0.2, 0) is 16.1 Å². The lowest BCUT2D eigenvalue weighted by molar-refractivity contribution is -0.135. The lowest BCUT2D eigenvalue weighted by atomic mass is 10.2. The van der Waals surface area contributed by atoms with Crippen molar-refractivity contribution >= 4 is 5.91 Å². The molecule has 0 aliphatic carbocycles. The molecule has 0 saturated carbocycles. The highest BCUT2D eigenvalue weighted by molar-refractivity contribution is 5.77. The molecule has 0 radical (unpaired) electrons. The molecule has 3 rings (SSSR count). The van der Waals surface area contributed by atoms with E-state index in [0.29, 0.717) is 31.5 Å². The lowest BCUT2D eigenvalue weighted by Gasteiger charge is -2.17. The maximum atomic E-state index is 12.2. The largest absolute Gasteiger partial charge is 0.477 e. The van der Waals surface area contributed by atoms with Gasteiger partial charge >= 0.3 is 0 Å². The van der Waals surface area contributed by atoms with Gasteiger partial charge in [0.15, 0.2) is 0 Å². The molecule has 2 heterocycles. The van der Waals surface area contributed by atoms with Crippen LogP contribution in [0.15, 0.2) is 42.7 Å². The van der Waals surface area contributed by atoms with Crippen molar-refractivity contribution in [2.45, 2.75) is 19.1 Å². The topological polar surface area (TPSA) is 73.8 Å². The maximum Gasteiger partial charge on any atom is 0.278 e. The quantitative estimate of drug-likeness (QED) is 0.762. The highest BCUT2D eigenvalue weighted by Crippen LogP contribution is 2.23. The van der Waals surface area contributed by atoms with Crippen LogP contribution in [-0.4, -0.2) is 53.7 Å². The Labute approximate surface area is 146 Å². The first-order valence-corrected chi connectivity index (χ1v) is 8.17. The van der Waals surface area contributed by atoms with Crippen molar-refractivity contribution in [3.63, 3.8) is 0 Å². The van der Waals surface area contributed by atoms with Crippen LogP contribution in [0.1, 0.15) is 12.0 Å². The van der Waals surface area contributed by atoms with Crippen molar-refractivity contribution in [1.29, 1.82) is 0 Å². The van der Waals surface area contributed by atoms with Crippen LogP contribution in [0.2, 0.25) is 0 Å². The average Bonchev–Trinajstić information content (AvgIpc) is 3.12. The summed E-state index contributed by atoms with van der Waals surface area (Å²) in [5.74, 6) is 0.663. The van der Waals surface area contributed by atoms with Crippen LogP contribution in [0.3, 0.4) is 0 Å². The molecule has 0 spiro atoms. The number of carbonyl (C=O) groups excluding carboxylic acids is 1. The SMILES string of the molecule is COc1nccnc1O[C@@H]1CCN(C(=O)COCc2ccccc2)C1. The minimum Gasteiger partial charge on any atom is -0.477 e. The molecule has 1 fully saturated rings. The molecule has 1 atom stereocenters. The van der Waals surface area contributed by atoms with Gasteiger partial charge in [0.25, 0.3) is 11.8 Å². The van der Waals surface area contributed by atoms with Gasteiger partial charge in [-0.3, -0.25) is 4.79 Å². The summed E-state index contributed by atoms with van der Waals surface area (Å²) >= 11 is 0. The molecule has 0 N–H and O–H groups in total. The molecule has 1 aliphatic heterocycles. The van der Waals surface area contributed by atoms with Gasteiger partial charge < -0.3 is 19.1 Å². The van der Waals surface area contributed by atoms with Gasteiger partial charge in [-0.1, -0.05) is 30.3 Å². The Bertz CT molecular complexity index is 696. The van der Waals surface area contributed by atoms with Crippen molar-refractivity contribution in [3.8, 4) is 11.8 Å². The minimum absolute atomic E-state index is 0.0341. The molecule has 2 aromatic rings. The van der Waals surface area contributed by atoms with Crippen molar-refractivity contribution in [3.05, 3.63) is 48.3 Å². The van der Waals surface area contributed by atoms with E-state index in [-0.39, 0.29) is 18.6 Å². The van der Waals surface area contributed by atoms with E-state index in [4.69, 9.17) is 14.2 Å². The van der Waals surface area contributed by atoms with Crippen LogP contribution in [0, 0.1) is 0 Å². The van der Waals surface area contributed by atoms with E-state index >= 15 is 0 Å². The third-order valence-corrected chi connectivity index (χ3v) is 3.94. The summed E-state index contributed by atoms with van der Waals surface area (Å²) in [6.07, 6.45) is 3.71. The Hall–Kier alpha value is -2.67. The number of likely N-dealkylation sites (tertiary alicyclic amines) is 1. The molecule has 1 aliphatic rings. The number of hydrogen-bond donors (Lipinski definition) is 0. The zero-order valence-corrected chi connectivity index (χ0v) is 14.1. The molecule has 0 unspecified atom stereocenters. The second-order valence-electron chi connectivity index (χ2n) is 5.72. The third kappa shape index (κ3) is 4.67. The molecule has 25 heavy (non-hydrogen) atoms. The smallest absolute Gasteiger partial charge is 0.278 e. The van der Waals surface area contributed by atoms with E-state index in [9.17, 15) is 4.79 Å². The zero-order valence-electron chi connectivity index (χ0n) is 14.1. The van der Waals surface area contributed by atoms with Gasteiger partial charge in [0.1, 0.15) is 12.7 Å². The van der Waals surface area contributed by atoms with Gasteiger partial charge in [-0.05, 0) is 5.56 Å². The Morgan fingerprint density at radius 2 is 1.96 bits per heavy atom. The van der Waals surface area contributed by atoms with Crippen LogP contribution >= 0.6 is 0 Å². The summed E-state index contributed by atoms with van der Waals surface area (Å²) in [5, 5.41) is 0. The maximum absolute atomic E-state index is 12.2. The summed E-state index contributed by atoms with van der Waals surface area (Å²) in [5.41, 5.74) is 1.05. The summed E-state index contributed by atoms with van der Waals surface area (Å²) in [6, 6.07) is 9.79. The van der Waals surface area contributed by atoms with Gasteiger partial charge in [-0.2, -0.15) is 0 Å². The van der Waals surface area contributed by atoms with Gasteiger partial charge in [0, 0.05) is 25.4 Å². The second-order valence-corrected chi connectivity index (χ2v) is 5.72. The molecule has 132 valence electrons. The Morgan fingerprint density at radius 1 is 1.20 bits per heavy atom. The highest BCUT2D eigenvalue weighted by atomic mass is 16.5. The summed E-state index contributed by atoms with van der Waals surface area (Å²) in [6.45, 7) is 1.64. The number of rotatable bonds is 7. The van der Waals surface area contributed by atoms with Gasteiger partial charge in [0.05, 0.1) is 20.3 Å². The number of hydrogen-bond acceptors (Lipinski definition) is 6. The summed E-state index contributed by atoms with van der Waals surface area (Å²) < 4.78 is 16.5. The van der Waals surface area contributed by atoms with Gasteiger partial charge in [0.2, 0.25) is 5.91 Å². The molecule has 1 aromatic heterocycles. The van der Waals surface area contributed by atoms with E-state index < -0.39 is 0 Å². The Morgan fingerprint density at radius 3 is 2.72 bits per heavy atom. The van der Waals surface area contributed by atoms with Crippen LogP contribution in [0.25, 0.3) is 0 Å². The first-order chi connectivity index (χ1) is 12.3. The third-order valence-electron chi connectivity index (χ3n) is 3.94. The lowest BCUT2D eigenvalue weighted by Crippen LogP contribution is -2.33. The van der Waals surface area contributed by atoms with Gasteiger partial charge in [-0.25, -0.2) is 9.97 Å². The predicted molar refractivity (Wildman–Crippen MR) is 90.3 cm³/mol. The van der Waals surface area contributed by atoms with Crippen LogP contribution in [0.5, 0.6) is 11.8 Å². The summed E-state index contributed by atoms with van der Waals surface area (Å²) in [7, 11) is 1.52. The molecule has 0 bridgehead atoms. The first-order valence-electron chi connectivity index (χ1n) is 8.17. The van der Waals surface area contributed by atoms with E-state index in [1.807, 2.05) is 30.3 Å². The Kier molecular flexibility index (Phi) is 5.79. The Balaban J connectivity index is 1.45. The molecule has 7 nitrogen and oxygen atoms in total. The van der Waals surface area contributed by atoms with E-state index in [2.05, 4.69) is 9.97 Å². The molecule has 1 amide bonds. The fourth-order valence-corrected chi connectivity index (χ4v) is 2.66. The normalized spacial score (nSPS) is 16.7. The number of amides is 1. The van der Waals surface area contributed by atoms with Crippen molar-refractivity contribution in [2.75, 3.05) is 26.8 Å².